The van der Waals surface area contributed by atoms with Crippen LogP contribution in [0.15, 0.2) is 17.2 Å². The van der Waals surface area contributed by atoms with Crippen molar-refractivity contribution in [3.8, 4) is 16.3 Å². The van der Waals surface area contributed by atoms with Gasteiger partial charge < -0.3 is 19.5 Å². The zero-order valence-electron chi connectivity index (χ0n) is 21.8. The molecule has 1 unspecified atom stereocenters. The maximum absolute atomic E-state index is 13.4. The monoisotopic (exact) mass is 552 g/mol. The standard InChI is InChI=1S/C25H36N4O6S2/c1-15(18-9-11-34-12-10-18)27-25-28-16(2)23(36-25)19-13-22(24(33-4)26-14-19)37(31,32)29-20-5-7-21(8-6-20)35-17(3)30/h13-15,18,20-21,29H,5-12H2,1-4H3,(H,27,28). The summed E-state index contributed by atoms with van der Waals surface area (Å²) in [6.45, 7) is 7.04. The van der Waals surface area contributed by atoms with Crippen LogP contribution in [0.4, 0.5) is 5.13 Å². The van der Waals surface area contributed by atoms with Crippen LogP contribution in [-0.2, 0) is 24.3 Å². The average molecular weight is 553 g/mol. The molecule has 4 rings (SSSR count). The smallest absolute Gasteiger partial charge is 0.302 e. The van der Waals surface area contributed by atoms with E-state index in [1.807, 2.05) is 6.92 Å². The molecule has 0 radical (unpaired) electrons. The van der Waals surface area contributed by atoms with Gasteiger partial charge in [-0.25, -0.2) is 23.1 Å². The van der Waals surface area contributed by atoms with Crippen molar-refractivity contribution in [1.29, 1.82) is 0 Å². The predicted octanol–water partition coefficient (Wildman–Crippen LogP) is 3.90. The Balaban J connectivity index is 1.50. The van der Waals surface area contributed by atoms with Crippen LogP contribution in [-0.4, -0.2) is 62.9 Å². The summed E-state index contributed by atoms with van der Waals surface area (Å²) in [5.41, 5.74) is 1.47. The molecule has 37 heavy (non-hydrogen) atoms. The summed E-state index contributed by atoms with van der Waals surface area (Å²) in [6, 6.07) is 1.61. The molecule has 1 saturated heterocycles. The first-order valence-corrected chi connectivity index (χ1v) is 15.0. The lowest BCUT2D eigenvalue weighted by atomic mass is 9.93. The van der Waals surface area contributed by atoms with Crippen LogP contribution in [0.3, 0.4) is 0 Å². The SMILES string of the molecule is COc1ncc(-c2sc(NC(C)C3CCOCC3)nc2C)cc1S(=O)(=O)NC1CCC(OC(C)=O)CC1. The van der Waals surface area contributed by atoms with Crippen molar-refractivity contribution in [3.63, 3.8) is 0 Å². The highest BCUT2D eigenvalue weighted by molar-refractivity contribution is 7.89. The molecule has 0 spiro atoms. The molecule has 2 aromatic rings. The van der Waals surface area contributed by atoms with E-state index in [9.17, 15) is 13.2 Å². The molecule has 1 aliphatic heterocycles. The summed E-state index contributed by atoms with van der Waals surface area (Å²) in [7, 11) is -2.50. The fourth-order valence-corrected chi connectivity index (χ4v) is 7.47. The molecule has 2 N–H and O–H groups in total. The van der Waals surface area contributed by atoms with E-state index in [0.717, 1.165) is 41.8 Å². The summed E-state index contributed by atoms with van der Waals surface area (Å²) in [6.07, 6.45) is 5.90. The fourth-order valence-electron chi connectivity index (χ4n) is 4.97. The molecule has 2 fully saturated rings. The van der Waals surface area contributed by atoms with Crippen molar-refractivity contribution < 1.29 is 27.4 Å². The fraction of sp³-hybridized carbons (Fsp3) is 0.640. The van der Waals surface area contributed by atoms with Gasteiger partial charge in [0.2, 0.25) is 15.9 Å². The van der Waals surface area contributed by atoms with Crippen LogP contribution in [0.2, 0.25) is 0 Å². The van der Waals surface area contributed by atoms with Crippen LogP contribution in [0.25, 0.3) is 10.4 Å². The number of nitrogens with zero attached hydrogens (tertiary/aromatic N) is 2. The summed E-state index contributed by atoms with van der Waals surface area (Å²) in [4.78, 5) is 21.1. The van der Waals surface area contributed by atoms with Crippen molar-refractivity contribution in [1.82, 2.24) is 14.7 Å². The number of anilines is 1. The number of ether oxygens (including phenoxy) is 3. The zero-order valence-corrected chi connectivity index (χ0v) is 23.4. The normalized spacial score (nSPS) is 21.8. The van der Waals surface area contributed by atoms with Crippen LogP contribution in [0, 0.1) is 12.8 Å². The Morgan fingerprint density at radius 3 is 2.54 bits per heavy atom. The minimum absolute atomic E-state index is 0.00695. The number of pyridine rings is 1. The molecule has 0 amide bonds. The highest BCUT2D eigenvalue weighted by atomic mass is 32.2. The van der Waals surface area contributed by atoms with E-state index in [-0.39, 0.29) is 34.9 Å². The number of carbonyl (C=O) groups is 1. The highest BCUT2D eigenvalue weighted by Gasteiger charge is 2.30. The summed E-state index contributed by atoms with van der Waals surface area (Å²) < 4.78 is 45.6. The van der Waals surface area contributed by atoms with Gasteiger partial charge in [-0.3, -0.25) is 4.79 Å². The Kier molecular flexibility index (Phi) is 9.04. The first-order valence-electron chi connectivity index (χ1n) is 12.7. The molecule has 0 aromatic carbocycles. The Morgan fingerprint density at radius 2 is 1.89 bits per heavy atom. The maximum atomic E-state index is 13.4. The van der Waals surface area contributed by atoms with Crippen LogP contribution in [0.1, 0.15) is 58.1 Å². The first-order chi connectivity index (χ1) is 17.7. The zero-order chi connectivity index (χ0) is 26.6. The van der Waals surface area contributed by atoms with Gasteiger partial charge in [-0.05, 0) is 64.4 Å². The van der Waals surface area contributed by atoms with E-state index in [1.165, 1.54) is 25.4 Å². The lowest BCUT2D eigenvalue weighted by molar-refractivity contribution is -0.147. The maximum Gasteiger partial charge on any atom is 0.302 e. The number of sulfonamides is 1. The summed E-state index contributed by atoms with van der Waals surface area (Å²) in [5.74, 6) is 0.251. The summed E-state index contributed by atoms with van der Waals surface area (Å²) >= 11 is 1.49. The number of aryl methyl sites for hydroxylation is 1. The minimum atomic E-state index is -3.90. The molecular formula is C25H36N4O6S2. The molecule has 2 aliphatic rings. The van der Waals surface area contributed by atoms with Gasteiger partial charge in [-0.2, -0.15) is 0 Å². The third-order valence-electron chi connectivity index (χ3n) is 7.01. The third kappa shape index (κ3) is 6.98. The number of hydrogen-bond acceptors (Lipinski definition) is 10. The van der Waals surface area contributed by atoms with Crippen LogP contribution < -0.4 is 14.8 Å². The quantitative estimate of drug-likeness (QED) is 0.445. The van der Waals surface area contributed by atoms with Gasteiger partial charge in [0.15, 0.2) is 5.13 Å². The molecule has 1 aliphatic carbocycles. The van der Waals surface area contributed by atoms with Crippen molar-refractivity contribution in [2.75, 3.05) is 25.6 Å². The van der Waals surface area contributed by atoms with E-state index >= 15 is 0 Å². The molecule has 2 aromatic heterocycles. The average Bonchev–Trinajstić information content (AvgIpc) is 3.24. The van der Waals surface area contributed by atoms with E-state index in [0.29, 0.717) is 37.2 Å². The highest BCUT2D eigenvalue weighted by Crippen LogP contribution is 2.36. The molecular weight excluding hydrogens is 516 g/mol. The second-order valence-electron chi connectivity index (χ2n) is 9.75. The largest absolute Gasteiger partial charge is 0.480 e. The predicted molar refractivity (Wildman–Crippen MR) is 141 cm³/mol. The van der Waals surface area contributed by atoms with Gasteiger partial charge in [-0.1, -0.05) is 11.3 Å². The molecule has 0 bridgehead atoms. The molecule has 204 valence electrons. The number of aromatic nitrogens is 2. The Bertz CT molecular complexity index is 1190. The molecule has 1 saturated carbocycles. The number of thiazole rings is 1. The second kappa shape index (κ2) is 12.1. The number of esters is 1. The third-order valence-corrected chi connectivity index (χ3v) is 9.67. The van der Waals surface area contributed by atoms with Crippen molar-refractivity contribution in [3.05, 3.63) is 18.0 Å². The Morgan fingerprint density at radius 1 is 1.19 bits per heavy atom. The topological polar surface area (TPSA) is 129 Å². The van der Waals surface area contributed by atoms with Crippen molar-refractivity contribution in [2.45, 2.75) is 82.4 Å². The second-order valence-corrected chi connectivity index (χ2v) is 12.4. The van der Waals surface area contributed by atoms with Crippen molar-refractivity contribution >= 4 is 32.5 Å². The van der Waals surface area contributed by atoms with E-state index < -0.39 is 10.0 Å². The summed E-state index contributed by atoms with van der Waals surface area (Å²) in [5, 5.41) is 4.32. The van der Waals surface area contributed by atoms with E-state index in [2.05, 4.69) is 21.9 Å². The number of carbonyl (C=O) groups excluding carboxylic acids is 1. The Hall–Kier alpha value is -2.28. The minimum Gasteiger partial charge on any atom is -0.480 e. The van der Waals surface area contributed by atoms with E-state index in [4.69, 9.17) is 19.2 Å². The molecule has 12 heteroatoms. The van der Waals surface area contributed by atoms with Crippen LogP contribution >= 0.6 is 11.3 Å². The van der Waals surface area contributed by atoms with Gasteiger partial charge in [0, 0.05) is 44.0 Å². The van der Waals surface area contributed by atoms with Crippen LogP contribution in [0.5, 0.6) is 5.88 Å². The van der Waals surface area contributed by atoms with Gasteiger partial charge in [-0.15, -0.1) is 0 Å². The lowest BCUT2D eigenvalue weighted by Gasteiger charge is -2.28. The van der Waals surface area contributed by atoms with E-state index in [1.54, 1.807) is 12.3 Å². The van der Waals surface area contributed by atoms with Gasteiger partial charge in [0.25, 0.3) is 0 Å². The lowest BCUT2D eigenvalue weighted by Crippen LogP contribution is -2.39. The number of methoxy groups -OCH3 is 1. The molecule has 10 nitrogen and oxygen atoms in total. The van der Waals surface area contributed by atoms with Gasteiger partial charge in [0.1, 0.15) is 11.0 Å². The molecule has 3 heterocycles. The first kappa shape index (κ1) is 27.7. The molecule has 1 atom stereocenters. The number of hydrogen-bond donors (Lipinski definition) is 2. The van der Waals surface area contributed by atoms with Crippen molar-refractivity contribution in [2.24, 2.45) is 5.92 Å². The van der Waals surface area contributed by atoms with Gasteiger partial charge >= 0.3 is 5.97 Å². The van der Waals surface area contributed by atoms with Gasteiger partial charge in [0.05, 0.1) is 17.7 Å². The number of rotatable bonds is 9. The Labute approximate surface area is 222 Å². The number of nitrogens with one attached hydrogen (secondary N) is 2.